The van der Waals surface area contributed by atoms with Crippen molar-refractivity contribution in [3.8, 4) is 11.6 Å². The Morgan fingerprint density at radius 3 is 1.25 bits per heavy atom. The van der Waals surface area contributed by atoms with Gasteiger partial charge < -0.3 is 40.4 Å². The molecule has 0 radical (unpaired) electrons. The van der Waals surface area contributed by atoms with Crippen molar-refractivity contribution in [2.24, 2.45) is 0 Å². The zero-order chi connectivity index (χ0) is 57.6. The smallest absolute Gasteiger partial charge is 1.00 e. The molecule has 0 aliphatic heterocycles. The molecule has 0 amide bonds. The van der Waals surface area contributed by atoms with Crippen LogP contribution < -0.4 is 143 Å². The number of nitrogens with zero attached hydrogens (tertiary/aromatic N) is 8. The van der Waals surface area contributed by atoms with Gasteiger partial charge in [0, 0.05) is 37.2 Å². The SMILES string of the molecule is C.C.CC(C)(C)OC(=O)c1ccc(Cl)nc1.CCOC(=O)c1cn[nH]c1.CCOC(=O)c1cnn(-c2ccc(C(=O)O)cn2)c1.CCOC(=O)c1cnn(-c2ccc(C(=O)OC(C)(C)C)cn2)c1.O=CC(F)(F)F.O=CO[O-].[Cs+].[Cs+].[H-]. The molecule has 6 heterocycles. The number of rotatable bonds is 12. The summed E-state index contributed by atoms with van der Waals surface area (Å²) in [7, 11) is 0. The second-order valence-electron chi connectivity index (χ2n) is 15.8. The Bertz CT molecular complexity index is 2780. The third-order valence-electron chi connectivity index (χ3n) is 7.58. The number of H-pyrrole nitrogens is 1. The number of hydrogen-bond donors (Lipinski definition) is 2. The van der Waals surface area contributed by atoms with E-state index in [0.29, 0.717) is 57.8 Å². The summed E-state index contributed by atoms with van der Waals surface area (Å²) in [5.74, 6) is -2.22. The predicted molar refractivity (Wildman–Crippen MR) is 270 cm³/mol. The number of aromatic amines is 1. The van der Waals surface area contributed by atoms with E-state index in [4.69, 9.17) is 50.5 Å². The maximum atomic E-state index is 11.9. The van der Waals surface area contributed by atoms with Crippen LogP contribution in [0.25, 0.3) is 11.6 Å². The van der Waals surface area contributed by atoms with Gasteiger partial charge in [0.2, 0.25) is 6.29 Å². The van der Waals surface area contributed by atoms with E-state index in [1.54, 1.807) is 65.8 Å². The summed E-state index contributed by atoms with van der Waals surface area (Å²) in [6, 6.07) is 9.29. The van der Waals surface area contributed by atoms with E-state index in [1.807, 2.05) is 20.8 Å². The Morgan fingerprint density at radius 1 is 0.613 bits per heavy atom. The van der Waals surface area contributed by atoms with Gasteiger partial charge >= 0.3 is 180 Å². The number of hydrogen-bond acceptors (Lipinski definition) is 21. The van der Waals surface area contributed by atoms with Crippen LogP contribution >= 0.6 is 11.6 Å². The Morgan fingerprint density at radius 2 is 0.975 bits per heavy atom. The number of nitrogens with one attached hydrogen (secondary N) is 1. The number of aromatic carboxylic acids is 1. The van der Waals surface area contributed by atoms with Gasteiger partial charge in [-0.05, 0) is 98.7 Å². The number of halogens is 4. The fraction of sp³-hybridized carbons (Fsp3) is 0.347. The average molecular weight is 1390 g/mol. The molecule has 0 saturated carbocycles. The first-order chi connectivity index (χ1) is 35.6. The van der Waals surface area contributed by atoms with Crippen LogP contribution in [0.1, 0.15) is 141 Å². The van der Waals surface area contributed by atoms with Gasteiger partial charge in [0.05, 0.1) is 71.8 Å². The number of carboxylic acids is 1. The van der Waals surface area contributed by atoms with Crippen molar-refractivity contribution in [2.45, 2.75) is 94.5 Å². The predicted octanol–water partition coefficient (Wildman–Crippen LogP) is 1.39. The van der Waals surface area contributed by atoms with Crippen LogP contribution in [0.3, 0.4) is 0 Å². The summed E-state index contributed by atoms with van der Waals surface area (Å²) >= 11 is 5.59. The van der Waals surface area contributed by atoms with Crippen molar-refractivity contribution in [1.29, 1.82) is 0 Å². The van der Waals surface area contributed by atoms with E-state index in [1.165, 1.54) is 77.3 Å². The molecule has 0 saturated heterocycles. The molecule has 0 unspecified atom stereocenters. The summed E-state index contributed by atoms with van der Waals surface area (Å²) in [4.78, 5) is 99.8. The van der Waals surface area contributed by atoms with Gasteiger partial charge in [-0.3, -0.25) is 14.7 Å². The molecule has 0 fully saturated rings. The summed E-state index contributed by atoms with van der Waals surface area (Å²) in [5, 5.41) is 31.7. The molecule has 6 rings (SSSR count). The first kappa shape index (κ1) is 81.7. The topological polar surface area (TPSA) is 338 Å². The molecule has 6 aromatic rings. The minimum Gasteiger partial charge on any atom is -1.00 e. The third-order valence-corrected chi connectivity index (χ3v) is 7.80. The minimum absolute atomic E-state index is 0. The molecule has 0 aliphatic rings. The third kappa shape index (κ3) is 34.5. The Balaban J connectivity index is -0.000000302. The molecule has 2 N–H and O–H groups in total. The standard InChI is InChI=1S/C16H19N3O4.C12H11N3O4.C10H12ClNO2.C6H8N2O2.C2HF3O.CH2O3.2CH4.2Cs.H/c1-5-22-14(20)12-9-18-19(10-12)13-7-6-11(8-17-13)15(21)23-16(2,3)4;1-2-19-12(18)9-6-14-15(7-9)10-4-3-8(5-13-10)11(16)17;1-10(2,3)14-9(13)7-4-5-8(11)12-6-7;1-2-10-6(9)5-3-7-8-4-5;3-2(4,5)1-6;2-1-4-3;;;;;/h6-10H,5H2,1-4H3;3-7H,2H2,1H3,(H,16,17);4-6H,1-3H3;3-4H,2H2,1H3,(H,7,8);1H;1,3H;2*1H4;;;/q;;;;;;;;2*+1;-1/p-1. The fourth-order valence-corrected chi connectivity index (χ4v) is 4.69. The second kappa shape index (κ2) is 42.1. The van der Waals surface area contributed by atoms with Crippen LogP contribution in [0.4, 0.5) is 13.2 Å². The molecule has 0 bridgehead atoms. The maximum absolute atomic E-state index is 11.9. The van der Waals surface area contributed by atoms with E-state index in [0.717, 1.165) is 0 Å². The molecule has 80 heavy (non-hydrogen) atoms. The number of esters is 5. The average Bonchev–Trinajstić information content (AvgIpc) is 4.19. The van der Waals surface area contributed by atoms with Crippen LogP contribution in [0.15, 0.2) is 92.2 Å². The number of carboxylic acid groups (broad SMARTS) is 1. The van der Waals surface area contributed by atoms with Crippen molar-refractivity contribution in [1.82, 2.24) is 44.7 Å². The van der Waals surface area contributed by atoms with Crippen LogP contribution in [-0.4, -0.2) is 136 Å². The maximum Gasteiger partial charge on any atom is 1.00 e. The number of alkyl halides is 3. The van der Waals surface area contributed by atoms with Crippen LogP contribution in [-0.2, 0) is 38.2 Å². The first-order valence-electron chi connectivity index (χ1n) is 21.7. The normalized spacial score (nSPS) is 9.82. The molecule has 0 spiro atoms. The quantitative estimate of drug-likeness (QED) is 0.0437. The molecule has 0 aromatic carbocycles. The van der Waals surface area contributed by atoms with Gasteiger partial charge in [0.25, 0.3) is 6.47 Å². The zero-order valence-electron chi connectivity index (χ0n) is 45.1. The van der Waals surface area contributed by atoms with E-state index < -0.39 is 47.5 Å². The largest absolute Gasteiger partial charge is 1.00 e. The molecule has 6 aromatic heterocycles. The van der Waals surface area contributed by atoms with Crippen molar-refractivity contribution in [2.75, 3.05) is 19.8 Å². The van der Waals surface area contributed by atoms with Crippen LogP contribution in [0, 0.1) is 0 Å². The molecule has 0 atom stereocenters. The summed E-state index contributed by atoms with van der Waals surface area (Å²) in [6.45, 7) is 16.9. The Kier molecular flexibility index (Phi) is 42.9. The molecule has 428 valence electrons. The Labute approximate surface area is 583 Å². The second-order valence-corrected chi connectivity index (χ2v) is 16.2. The van der Waals surface area contributed by atoms with Crippen molar-refractivity contribution >= 4 is 60.2 Å². The summed E-state index contributed by atoms with van der Waals surface area (Å²) < 4.78 is 58.9. The van der Waals surface area contributed by atoms with Crippen molar-refractivity contribution < 1.29 is 230 Å². The number of ether oxygens (including phenoxy) is 5. The van der Waals surface area contributed by atoms with E-state index in [-0.39, 0.29) is 185 Å². The van der Waals surface area contributed by atoms with Crippen LogP contribution in [0.5, 0.6) is 0 Å². The summed E-state index contributed by atoms with van der Waals surface area (Å²) in [5.41, 5.74) is 0.896. The van der Waals surface area contributed by atoms with E-state index in [9.17, 15) is 41.9 Å². The van der Waals surface area contributed by atoms with Crippen molar-refractivity contribution in [3.05, 3.63) is 131 Å². The van der Waals surface area contributed by atoms with Gasteiger partial charge in [-0.15, -0.1) is 0 Å². The van der Waals surface area contributed by atoms with E-state index in [2.05, 4.69) is 45.0 Å². The summed E-state index contributed by atoms with van der Waals surface area (Å²) in [6.07, 6.45) is 7.03. The number of aldehydes is 1. The van der Waals surface area contributed by atoms with Gasteiger partial charge in [-0.25, -0.2) is 53.1 Å². The number of pyridine rings is 3. The van der Waals surface area contributed by atoms with Gasteiger partial charge in [0.15, 0.2) is 11.6 Å². The monoisotopic (exact) mass is 1390 g/mol. The van der Waals surface area contributed by atoms with Gasteiger partial charge in [-0.2, -0.15) is 28.5 Å². The van der Waals surface area contributed by atoms with Gasteiger partial charge in [0.1, 0.15) is 16.4 Å². The molecular formula is C49H61ClCs2F3N9O16. The number of carbonyl (C=O) groups is 8. The van der Waals surface area contributed by atoms with Crippen LogP contribution in [0.2, 0.25) is 5.15 Å². The minimum atomic E-state index is -4.64. The van der Waals surface area contributed by atoms with Crippen molar-refractivity contribution in [3.63, 3.8) is 0 Å². The molecular weight excluding hydrogens is 1330 g/mol. The Hall–Kier alpha value is -4.82. The molecule has 31 heteroatoms. The van der Waals surface area contributed by atoms with E-state index >= 15 is 0 Å². The molecule has 25 nitrogen and oxygen atoms in total. The zero-order valence-corrected chi connectivity index (χ0v) is 57.4. The van der Waals surface area contributed by atoms with Gasteiger partial charge in [-0.1, -0.05) is 26.5 Å². The first-order valence-corrected chi connectivity index (χ1v) is 22.1. The number of aromatic nitrogens is 9. The number of carbonyl (C=O) groups excluding carboxylic acids is 7. The fourth-order valence-electron chi connectivity index (χ4n) is 4.57. The molecule has 0 aliphatic carbocycles.